The van der Waals surface area contributed by atoms with Crippen LogP contribution in [0.4, 0.5) is 18.9 Å². The van der Waals surface area contributed by atoms with Crippen LogP contribution in [-0.2, 0) is 16.2 Å². The van der Waals surface area contributed by atoms with Crippen molar-refractivity contribution in [3.8, 4) is 11.3 Å². The molecule has 0 atom stereocenters. The molecule has 2 aromatic carbocycles. The Labute approximate surface area is 193 Å². The molecule has 0 aliphatic carbocycles. The van der Waals surface area contributed by atoms with Crippen LogP contribution in [0.25, 0.3) is 11.3 Å². The summed E-state index contributed by atoms with van der Waals surface area (Å²) in [5, 5.41) is 5.38. The Kier molecular flexibility index (Phi) is 6.27. The number of hydrogen-bond acceptors (Lipinski definition) is 5. The number of halogens is 3. The van der Waals surface area contributed by atoms with Crippen molar-refractivity contribution in [3.63, 3.8) is 0 Å². The molecule has 2 aromatic heterocycles. The molecule has 0 saturated carbocycles. The molecule has 4 aromatic rings. The third kappa shape index (κ3) is 5.19. The van der Waals surface area contributed by atoms with E-state index in [2.05, 4.69) is 15.0 Å². The minimum Gasteiger partial charge on any atom is -0.263 e. The van der Waals surface area contributed by atoms with Crippen LogP contribution in [0, 0.1) is 0 Å². The van der Waals surface area contributed by atoms with Gasteiger partial charge in [-0.2, -0.15) is 13.2 Å². The average Bonchev–Trinajstić information content (AvgIpc) is 2.82. The maximum atomic E-state index is 13.1. The molecule has 34 heavy (non-hydrogen) atoms. The normalized spacial score (nSPS) is 11.8. The molecule has 0 spiro atoms. The van der Waals surface area contributed by atoms with Gasteiger partial charge in [-0.15, -0.1) is 0 Å². The lowest BCUT2D eigenvalue weighted by Crippen LogP contribution is -2.14. The highest BCUT2D eigenvalue weighted by molar-refractivity contribution is 7.89. The molecule has 0 amide bonds. The molecule has 0 unspecified atom stereocenters. The lowest BCUT2D eigenvalue weighted by atomic mass is 10.0. The van der Waals surface area contributed by atoms with Crippen LogP contribution in [-0.4, -0.2) is 24.1 Å². The Morgan fingerprint density at radius 3 is 1.97 bits per heavy atom. The van der Waals surface area contributed by atoms with Crippen molar-refractivity contribution >= 4 is 21.4 Å². The molecule has 172 valence electrons. The highest BCUT2D eigenvalue weighted by Crippen LogP contribution is 2.33. The predicted molar refractivity (Wildman–Crippen MR) is 122 cm³/mol. The fraction of sp³-hybridized carbons (Fsp3) is 0.0417. The van der Waals surface area contributed by atoms with Gasteiger partial charge in [-0.3, -0.25) is 9.97 Å². The van der Waals surface area contributed by atoms with Crippen molar-refractivity contribution < 1.29 is 21.6 Å². The first-order valence-corrected chi connectivity index (χ1v) is 11.4. The summed E-state index contributed by atoms with van der Waals surface area (Å²) in [6, 6.07) is 20.4. The second kappa shape index (κ2) is 9.16. The van der Waals surface area contributed by atoms with Gasteiger partial charge in [-0.25, -0.2) is 18.5 Å². The van der Waals surface area contributed by atoms with Crippen LogP contribution >= 0.6 is 0 Å². The van der Waals surface area contributed by atoms with Crippen molar-refractivity contribution in [2.24, 2.45) is 10.1 Å². The molecule has 6 nitrogen and oxygen atoms in total. The molecule has 0 fully saturated rings. The summed E-state index contributed by atoms with van der Waals surface area (Å²) in [5.41, 5.74) is 0.841. The van der Waals surface area contributed by atoms with Gasteiger partial charge < -0.3 is 0 Å². The molecule has 0 aliphatic rings. The fourth-order valence-electron chi connectivity index (χ4n) is 3.27. The van der Waals surface area contributed by atoms with Gasteiger partial charge in [0.1, 0.15) is 4.90 Å². The van der Waals surface area contributed by atoms with Gasteiger partial charge in [-0.1, -0.05) is 60.7 Å². The number of benzene rings is 2. The zero-order valence-corrected chi connectivity index (χ0v) is 18.3. The van der Waals surface area contributed by atoms with Gasteiger partial charge in [0.05, 0.1) is 28.9 Å². The van der Waals surface area contributed by atoms with E-state index in [4.69, 9.17) is 5.14 Å². The summed E-state index contributed by atoms with van der Waals surface area (Å²) >= 11 is 0. The fourth-order valence-corrected chi connectivity index (χ4v) is 4.00. The van der Waals surface area contributed by atoms with Crippen LogP contribution < -0.4 is 5.14 Å². The van der Waals surface area contributed by atoms with E-state index >= 15 is 0 Å². The monoisotopic (exact) mass is 482 g/mol. The summed E-state index contributed by atoms with van der Waals surface area (Å²) in [7, 11) is -4.36. The minimum atomic E-state index is -4.66. The smallest absolute Gasteiger partial charge is 0.263 e. The van der Waals surface area contributed by atoms with E-state index in [1.165, 1.54) is 12.3 Å². The van der Waals surface area contributed by atoms with Crippen molar-refractivity contribution in [1.29, 1.82) is 0 Å². The second-order valence-electron chi connectivity index (χ2n) is 7.24. The Balaban J connectivity index is 1.88. The van der Waals surface area contributed by atoms with Gasteiger partial charge in [0, 0.05) is 29.1 Å². The number of nitrogens with zero attached hydrogens (tertiary/aromatic N) is 3. The third-order valence-electron chi connectivity index (χ3n) is 4.82. The van der Waals surface area contributed by atoms with E-state index < -0.39 is 26.7 Å². The summed E-state index contributed by atoms with van der Waals surface area (Å²) in [4.78, 5) is 11.8. The number of primary sulfonamides is 1. The molecule has 2 heterocycles. The van der Waals surface area contributed by atoms with Gasteiger partial charge >= 0.3 is 6.18 Å². The predicted octanol–water partition coefficient (Wildman–Crippen LogP) is 4.98. The molecule has 2 N–H and O–H groups in total. The van der Waals surface area contributed by atoms with Crippen molar-refractivity contribution in [3.05, 3.63) is 108 Å². The average molecular weight is 482 g/mol. The zero-order chi connectivity index (χ0) is 24.3. The van der Waals surface area contributed by atoms with Crippen molar-refractivity contribution in [2.75, 3.05) is 0 Å². The highest BCUT2D eigenvalue weighted by atomic mass is 32.2. The van der Waals surface area contributed by atoms with Gasteiger partial charge in [0.15, 0.2) is 0 Å². The standard InChI is InChI=1S/C24H17F3N4O2S/c25-24(26,27)19-11-18(13-29-14-19)23-21(34(28,32)33)12-20(15-30-23)31-22(16-7-3-1-4-8-16)17-9-5-2-6-10-17/h1-15H,(H2,28,32,33). The molecule has 0 saturated heterocycles. The van der Waals surface area contributed by atoms with E-state index in [9.17, 15) is 21.6 Å². The van der Waals surface area contributed by atoms with E-state index in [-0.39, 0.29) is 16.9 Å². The first kappa shape index (κ1) is 23.3. The van der Waals surface area contributed by atoms with Crippen LogP contribution in [0.5, 0.6) is 0 Å². The first-order valence-electron chi connectivity index (χ1n) is 9.88. The number of aromatic nitrogens is 2. The van der Waals surface area contributed by atoms with Gasteiger partial charge in [0.2, 0.25) is 10.0 Å². The van der Waals surface area contributed by atoms with Crippen molar-refractivity contribution in [1.82, 2.24) is 9.97 Å². The molecule has 0 radical (unpaired) electrons. The lowest BCUT2D eigenvalue weighted by Gasteiger charge is -2.12. The lowest BCUT2D eigenvalue weighted by molar-refractivity contribution is -0.137. The molecule has 10 heteroatoms. The Hall–Kier alpha value is -3.89. The van der Waals surface area contributed by atoms with Crippen LogP contribution in [0.2, 0.25) is 0 Å². The zero-order valence-electron chi connectivity index (χ0n) is 17.4. The number of hydrogen-bond donors (Lipinski definition) is 1. The van der Waals surface area contributed by atoms with E-state index in [0.29, 0.717) is 11.9 Å². The summed E-state index contributed by atoms with van der Waals surface area (Å²) in [6.45, 7) is 0. The van der Waals surface area contributed by atoms with Gasteiger partial charge in [0.25, 0.3) is 0 Å². The molecule has 4 rings (SSSR count). The summed E-state index contributed by atoms with van der Waals surface area (Å²) in [5.74, 6) is 0. The number of aliphatic imine (C=N–C) groups is 1. The second-order valence-corrected chi connectivity index (χ2v) is 8.77. The quantitative estimate of drug-likeness (QED) is 0.406. The third-order valence-corrected chi connectivity index (χ3v) is 5.74. The number of nitrogens with two attached hydrogens (primary N) is 1. The van der Waals surface area contributed by atoms with Crippen LogP contribution in [0.1, 0.15) is 16.7 Å². The molecule has 0 bridgehead atoms. The largest absolute Gasteiger partial charge is 0.417 e. The summed E-state index contributed by atoms with van der Waals surface area (Å²) < 4.78 is 64.0. The van der Waals surface area contributed by atoms with E-state index in [1.807, 2.05) is 60.7 Å². The molecular weight excluding hydrogens is 465 g/mol. The maximum Gasteiger partial charge on any atom is 0.417 e. The first-order chi connectivity index (χ1) is 16.1. The Morgan fingerprint density at radius 2 is 1.44 bits per heavy atom. The number of pyridine rings is 2. The van der Waals surface area contributed by atoms with E-state index in [1.54, 1.807) is 0 Å². The highest BCUT2D eigenvalue weighted by Gasteiger charge is 2.31. The minimum absolute atomic E-state index is 0.138. The topological polar surface area (TPSA) is 98.3 Å². The summed E-state index contributed by atoms with van der Waals surface area (Å²) in [6.07, 6.45) is -1.65. The SMILES string of the molecule is NS(=O)(=O)c1cc(N=C(c2ccccc2)c2ccccc2)cnc1-c1cncc(C(F)(F)F)c1. The molecule has 0 aliphatic heterocycles. The van der Waals surface area contributed by atoms with E-state index in [0.717, 1.165) is 23.4 Å². The maximum absolute atomic E-state index is 13.1. The Morgan fingerprint density at radius 1 is 0.853 bits per heavy atom. The molecular formula is C24H17F3N4O2S. The van der Waals surface area contributed by atoms with Crippen LogP contribution in [0.3, 0.4) is 0 Å². The van der Waals surface area contributed by atoms with Crippen LogP contribution in [0.15, 0.2) is 101 Å². The van der Waals surface area contributed by atoms with Crippen molar-refractivity contribution in [2.45, 2.75) is 11.1 Å². The van der Waals surface area contributed by atoms with Gasteiger partial charge in [-0.05, 0) is 12.1 Å². The number of alkyl halides is 3. The Bertz CT molecular complexity index is 1420. The number of sulfonamides is 1. The number of rotatable bonds is 5.